The van der Waals surface area contributed by atoms with Gasteiger partial charge in [-0.3, -0.25) is 10.1 Å². The van der Waals surface area contributed by atoms with E-state index in [0.29, 0.717) is 12.6 Å². The van der Waals surface area contributed by atoms with Crippen molar-refractivity contribution in [3.63, 3.8) is 0 Å². The van der Waals surface area contributed by atoms with E-state index in [4.69, 9.17) is 5.73 Å². The van der Waals surface area contributed by atoms with Gasteiger partial charge in [0.25, 0.3) is 5.69 Å². The van der Waals surface area contributed by atoms with E-state index in [1.165, 1.54) is 6.07 Å². The molecule has 0 aromatic heterocycles. The van der Waals surface area contributed by atoms with Crippen LogP contribution in [-0.2, 0) is 0 Å². The summed E-state index contributed by atoms with van der Waals surface area (Å²) in [5, 5.41) is 10.7. The third-order valence-electron chi connectivity index (χ3n) is 3.10. The summed E-state index contributed by atoms with van der Waals surface area (Å²) in [4.78, 5) is 12.5. The van der Waals surface area contributed by atoms with Crippen LogP contribution in [0.25, 0.3) is 0 Å². The van der Waals surface area contributed by atoms with E-state index in [1.807, 2.05) is 0 Å². The highest BCUT2D eigenvalue weighted by atomic mass is 79.9. The summed E-state index contributed by atoms with van der Waals surface area (Å²) in [6.07, 6.45) is 2.20. The second-order valence-corrected chi connectivity index (χ2v) is 4.97. The predicted octanol–water partition coefficient (Wildman–Crippen LogP) is 2.28. The second-order valence-electron chi connectivity index (χ2n) is 4.12. The van der Waals surface area contributed by atoms with E-state index in [9.17, 15) is 10.1 Å². The van der Waals surface area contributed by atoms with E-state index in [1.54, 1.807) is 12.1 Å². The zero-order valence-corrected chi connectivity index (χ0v) is 10.9. The predicted molar refractivity (Wildman–Crippen MR) is 70.2 cm³/mol. The maximum absolute atomic E-state index is 10.7. The van der Waals surface area contributed by atoms with Crippen LogP contribution in [0.2, 0.25) is 0 Å². The van der Waals surface area contributed by atoms with Gasteiger partial charge < -0.3 is 10.6 Å². The van der Waals surface area contributed by atoms with Gasteiger partial charge in [0.05, 0.1) is 10.6 Å². The summed E-state index contributed by atoms with van der Waals surface area (Å²) in [5.41, 5.74) is 6.81. The fourth-order valence-corrected chi connectivity index (χ4v) is 2.83. The van der Waals surface area contributed by atoms with Crippen molar-refractivity contribution >= 4 is 27.3 Å². The third-order valence-corrected chi connectivity index (χ3v) is 3.74. The number of nitro benzene ring substituents is 1. The average molecular weight is 300 g/mol. The van der Waals surface area contributed by atoms with Gasteiger partial charge >= 0.3 is 0 Å². The summed E-state index contributed by atoms with van der Waals surface area (Å²) in [6, 6.07) is 5.21. The van der Waals surface area contributed by atoms with Crippen molar-refractivity contribution in [2.24, 2.45) is 5.73 Å². The smallest absolute Gasteiger partial charge is 0.270 e. The molecule has 1 saturated heterocycles. The van der Waals surface area contributed by atoms with Crippen LogP contribution < -0.4 is 10.6 Å². The van der Waals surface area contributed by atoms with Crippen LogP contribution in [0.5, 0.6) is 0 Å². The zero-order valence-electron chi connectivity index (χ0n) is 9.30. The second kappa shape index (κ2) is 5.01. The Morgan fingerprint density at radius 2 is 2.35 bits per heavy atom. The van der Waals surface area contributed by atoms with Crippen LogP contribution in [0.3, 0.4) is 0 Å². The topological polar surface area (TPSA) is 72.4 Å². The molecule has 2 rings (SSSR count). The van der Waals surface area contributed by atoms with Crippen molar-refractivity contribution in [3.05, 3.63) is 32.8 Å². The molecule has 2 N–H and O–H groups in total. The molecule has 0 aliphatic carbocycles. The highest BCUT2D eigenvalue weighted by molar-refractivity contribution is 9.10. The highest BCUT2D eigenvalue weighted by Crippen LogP contribution is 2.34. The van der Waals surface area contributed by atoms with Crippen LogP contribution in [0.1, 0.15) is 12.8 Å². The fraction of sp³-hybridized carbons (Fsp3) is 0.455. The fourth-order valence-electron chi connectivity index (χ4n) is 2.24. The number of benzene rings is 1. The number of halogens is 1. The molecule has 1 aromatic rings. The van der Waals surface area contributed by atoms with Gasteiger partial charge in [0, 0.05) is 35.7 Å². The molecule has 0 radical (unpaired) electrons. The molecule has 1 aliphatic rings. The van der Waals surface area contributed by atoms with Gasteiger partial charge in [-0.15, -0.1) is 0 Å². The van der Waals surface area contributed by atoms with Gasteiger partial charge in [-0.2, -0.15) is 0 Å². The first-order valence-corrected chi connectivity index (χ1v) is 6.33. The Bertz CT molecular complexity index is 439. The Morgan fingerprint density at radius 3 is 2.94 bits per heavy atom. The maximum Gasteiger partial charge on any atom is 0.270 e. The van der Waals surface area contributed by atoms with Crippen LogP contribution >= 0.6 is 15.9 Å². The lowest BCUT2D eigenvalue weighted by Gasteiger charge is -2.26. The Kier molecular flexibility index (Phi) is 3.63. The number of hydrogen-bond donors (Lipinski definition) is 1. The largest absolute Gasteiger partial charge is 0.366 e. The van der Waals surface area contributed by atoms with Crippen LogP contribution in [-0.4, -0.2) is 24.1 Å². The van der Waals surface area contributed by atoms with E-state index in [2.05, 4.69) is 20.8 Å². The first-order valence-electron chi connectivity index (χ1n) is 5.54. The van der Waals surface area contributed by atoms with Crippen molar-refractivity contribution in [1.29, 1.82) is 0 Å². The standard InChI is InChI=1S/C11H14BrN3O2/c12-10-6-8(15(16)17)3-4-11(10)14-5-1-2-9(14)7-13/h3-4,6,9H,1-2,5,7,13H2. The molecule has 6 heteroatoms. The van der Waals surface area contributed by atoms with Crippen LogP contribution in [0.4, 0.5) is 11.4 Å². The summed E-state index contributed by atoms with van der Waals surface area (Å²) < 4.78 is 0.757. The summed E-state index contributed by atoms with van der Waals surface area (Å²) in [5.74, 6) is 0. The normalized spacial score (nSPS) is 19.6. The number of hydrogen-bond acceptors (Lipinski definition) is 4. The van der Waals surface area contributed by atoms with Crippen LogP contribution in [0.15, 0.2) is 22.7 Å². The molecule has 1 heterocycles. The Morgan fingerprint density at radius 1 is 1.59 bits per heavy atom. The number of nitro groups is 1. The molecule has 1 aliphatic heterocycles. The monoisotopic (exact) mass is 299 g/mol. The molecule has 17 heavy (non-hydrogen) atoms. The lowest BCUT2D eigenvalue weighted by molar-refractivity contribution is -0.384. The molecule has 0 saturated carbocycles. The van der Waals surface area contributed by atoms with E-state index in [-0.39, 0.29) is 10.6 Å². The van der Waals surface area contributed by atoms with Gasteiger partial charge in [-0.05, 0) is 34.8 Å². The quantitative estimate of drug-likeness (QED) is 0.686. The van der Waals surface area contributed by atoms with Gasteiger partial charge in [-0.1, -0.05) is 0 Å². The van der Waals surface area contributed by atoms with Crippen LogP contribution in [0, 0.1) is 10.1 Å². The van der Waals surface area contributed by atoms with Gasteiger partial charge in [0.2, 0.25) is 0 Å². The number of nitrogens with zero attached hydrogens (tertiary/aromatic N) is 2. The zero-order chi connectivity index (χ0) is 12.4. The number of anilines is 1. The first-order chi connectivity index (χ1) is 8.13. The minimum absolute atomic E-state index is 0.101. The Hall–Kier alpha value is -1.14. The molecule has 0 amide bonds. The minimum atomic E-state index is -0.390. The van der Waals surface area contributed by atoms with Crippen molar-refractivity contribution in [1.82, 2.24) is 0 Å². The molecule has 1 unspecified atom stereocenters. The first kappa shape index (κ1) is 12.3. The SMILES string of the molecule is NCC1CCCN1c1ccc([N+](=O)[O-])cc1Br. The molecule has 1 fully saturated rings. The van der Waals surface area contributed by atoms with Gasteiger partial charge in [0.15, 0.2) is 0 Å². The maximum atomic E-state index is 10.7. The van der Waals surface area contributed by atoms with Crippen molar-refractivity contribution in [2.75, 3.05) is 18.0 Å². The lowest BCUT2D eigenvalue weighted by atomic mass is 10.2. The molecule has 5 nitrogen and oxygen atoms in total. The average Bonchev–Trinajstić information content (AvgIpc) is 2.76. The third kappa shape index (κ3) is 2.42. The number of non-ortho nitro benzene ring substituents is 1. The highest BCUT2D eigenvalue weighted by Gasteiger charge is 2.25. The molecular weight excluding hydrogens is 286 g/mol. The summed E-state index contributed by atoms with van der Waals surface area (Å²) in [6.45, 7) is 1.57. The molecular formula is C11H14BrN3O2. The molecule has 1 aromatic carbocycles. The number of nitrogens with two attached hydrogens (primary N) is 1. The summed E-state index contributed by atoms with van der Waals surface area (Å²) in [7, 11) is 0. The lowest BCUT2D eigenvalue weighted by Crippen LogP contribution is -2.35. The van der Waals surface area contributed by atoms with E-state index in [0.717, 1.165) is 29.5 Å². The van der Waals surface area contributed by atoms with Gasteiger partial charge in [0.1, 0.15) is 0 Å². The summed E-state index contributed by atoms with van der Waals surface area (Å²) >= 11 is 3.40. The molecule has 92 valence electrons. The van der Waals surface area contributed by atoms with Crippen molar-refractivity contribution < 1.29 is 4.92 Å². The van der Waals surface area contributed by atoms with Crippen molar-refractivity contribution in [3.8, 4) is 0 Å². The molecule has 0 spiro atoms. The van der Waals surface area contributed by atoms with E-state index >= 15 is 0 Å². The Labute approximate surface area is 108 Å². The minimum Gasteiger partial charge on any atom is -0.366 e. The van der Waals surface area contributed by atoms with Gasteiger partial charge in [-0.25, -0.2) is 0 Å². The van der Waals surface area contributed by atoms with Crippen molar-refractivity contribution in [2.45, 2.75) is 18.9 Å². The Balaban J connectivity index is 2.30. The molecule has 0 bridgehead atoms. The van der Waals surface area contributed by atoms with E-state index < -0.39 is 0 Å². The number of rotatable bonds is 3. The molecule has 1 atom stereocenters.